The van der Waals surface area contributed by atoms with Crippen LogP contribution < -0.4 is 16.4 Å². The van der Waals surface area contributed by atoms with Crippen LogP contribution in [0.3, 0.4) is 0 Å². The van der Waals surface area contributed by atoms with Crippen molar-refractivity contribution in [3.63, 3.8) is 0 Å². The first-order valence-electron chi connectivity index (χ1n) is 11.3. The maximum absolute atomic E-state index is 12.7. The van der Waals surface area contributed by atoms with Gasteiger partial charge >= 0.3 is 0 Å². The zero-order valence-corrected chi connectivity index (χ0v) is 19.3. The fourth-order valence-electron chi connectivity index (χ4n) is 4.73. The van der Waals surface area contributed by atoms with Crippen LogP contribution in [0, 0.1) is 0 Å². The molecule has 0 saturated carbocycles. The zero-order valence-electron chi connectivity index (χ0n) is 18.6. The summed E-state index contributed by atoms with van der Waals surface area (Å²) >= 11 is 6.63. The van der Waals surface area contributed by atoms with Crippen molar-refractivity contribution in [1.82, 2.24) is 20.1 Å². The number of carbonyl (C=O) groups excluding carboxylic acids is 1. The minimum atomic E-state index is -0.210. The summed E-state index contributed by atoms with van der Waals surface area (Å²) in [7, 11) is 0. The summed E-state index contributed by atoms with van der Waals surface area (Å²) in [5, 5.41) is 12.8. The summed E-state index contributed by atoms with van der Waals surface area (Å²) in [4.78, 5) is 17.0. The lowest BCUT2D eigenvalue weighted by Gasteiger charge is -2.35. The molecule has 0 radical (unpaired) electrons. The number of para-hydroxylation sites is 1. The van der Waals surface area contributed by atoms with Crippen molar-refractivity contribution in [2.75, 3.05) is 24.1 Å². The number of allylic oxidation sites excluding steroid dienone is 3. The van der Waals surface area contributed by atoms with Gasteiger partial charge in [0.25, 0.3) is 5.91 Å². The van der Waals surface area contributed by atoms with Crippen LogP contribution in [0.4, 0.5) is 11.5 Å². The molecule has 1 saturated heterocycles. The van der Waals surface area contributed by atoms with E-state index in [-0.39, 0.29) is 11.4 Å². The Morgan fingerprint density at radius 1 is 1.24 bits per heavy atom. The summed E-state index contributed by atoms with van der Waals surface area (Å²) in [6.45, 7) is 4.01. The zero-order chi connectivity index (χ0) is 23.0. The molecule has 3 aromatic rings. The van der Waals surface area contributed by atoms with Crippen LogP contribution >= 0.6 is 11.6 Å². The van der Waals surface area contributed by atoms with Gasteiger partial charge in [-0.25, -0.2) is 4.98 Å². The van der Waals surface area contributed by atoms with Crippen LogP contribution in [0.25, 0.3) is 16.5 Å². The van der Waals surface area contributed by atoms with Gasteiger partial charge in [0, 0.05) is 17.8 Å². The topological polar surface area (TPSA) is 97.9 Å². The molecule has 1 unspecified atom stereocenters. The lowest BCUT2D eigenvalue weighted by molar-refractivity contribution is -0.113. The average Bonchev–Trinajstić information content (AvgIpc) is 3.26. The number of rotatable bonds is 4. The third-order valence-electron chi connectivity index (χ3n) is 6.55. The van der Waals surface area contributed by atoms with Gasteiger partial charge in [-0.1, -0.05) is 42.0 Å². The number of anilines is 2. The SMILES string of the molecule is CC1(n2nc(C3=CC=C(C(=O)Nc4ccccc4)CC3)c3c(N)ncc(Cl)c32)CCCNC1. The van der Waals surface area contributed by atoms with Crippen molar-refractivity contribution in [2.24, 2.45) is 0 Å². The van der Waals surface area contributed by atoms with Gasteiger partial charge < -0.3 is 16.4 Å². The number of fused-ring (bicyclic) bond motifs is 1. The van der Waals surface area contributed by atoms with E-state index < -0.39 is 0 Å². The highest BCUT2D eigenvalue weighted by Crippen LogP contribution is 2.39. The number of amides is 1. The second-order valence-electron chi connectivity index (χ2n) is 8.96. The van der Waals surface area contributed by atoms with Crippen LogP contribution in [0.1, 0.15) is 38.3 Å². The number of nitrogens with two attached hydrogens (primary N) is 1. The quantitative estimate of drug-likeness (QED) is 0.530. The minimum absolute atomic E-state index is 0.0862. The van der Waals surface area contributed by atoms with E-state index in [2.05, 4.69) is 22.5 Å². The molecule has 2 aliphatic rings. The largest absolute Gasteiger partial charge is 0.383 e. The van der Waals surface area contributed by atoms with Gasteiger partial charge in [0.05, 0.1) is 33.4 Å². The van der Waals surface area contributed by atoms with E-state index in [0.29, 0.717) is 23.7 Å². The maximum Gasteiger partial charge on any atom is 0.251 e. The number of nitrogens with zero attached hydrogens (tertiary/aromatic N) is 3. The number of nitrogens with one attached hydrogen (secondary N) is 2. The second kappa shape index (κ2) is 8.65. The van der Waals surface area contributed by atoms with Crippen LogP contribution in [0.15, 0.2) is 54.3 Å². The molecule has 1 fully saturated rings. The molecule has 4 N–H and O–H groups in total. The van der Waals surface area contributed by atoms with Gasteiger partial charge in [0.1, 0.15) is 5.82 Å². The molecule has 2 aromatic heterocycles. The standard InChI is InChI=1S/C25H27ClN6O/c1-25(12-5-13-28-15-25)32-22-19(26)14-29-23(27)20(22)21(31-32)16-8-10-17(11-9-16)24(33)30-18-6-3-2-4-7-18/h2-4,6-8,10,14,28H,5,9,11-13,15H2,1H3,(H2,27,29)(H,30,33). The molecule has 8 heteroatoms. The maximum atomic E-state index is 12.7. The number of carbonyl (C=O) groups is 1. The Kier molecular flexibility index (Phi) is 5.68. The Hall–Kier alpha value is -3.16. The van der Waals surface area contributed by atoms with Crippen molar-refractivity contribution in [3.05, 3.63) is 65.0 Å². The molecule has 0 bridgehead atoms. The molecule has 5 rings (SSSR count). The number of piperidine rings is 1. The van der Waals surface area contributed by atoms with E-state index in [4.69, 9.17) is 22.4 Å². The van der Waals surface area contributed by atoms with E-state index in [1.165, 1.54) is 0 Å². The van der Waals surface area contributed by atoms with E-state index >= 15 is 0 Å². The molecule has 1 amide bonds. The lowest BCUT2D eigenvalue weighted by Crippen LogP contribution is -2.46. The van der Waals surface area contributed by atoms with Crippen LogP contribution in [-0.2, 0) is 10.3 Å². The smallest absolute Gasteiger partial charge is 0.251 e. The average molecular weight is 463 g/mol. The number of hydrogen-bond donors (Lipinski definition) is 3. The van der Waals surface area contributed by atoms with Gasteiger partial charge in [-0.2, -0.15) is 5.10 Å². The fourth-order valence-corrected chi connectivity index (χ4v) is 4.95. The number of nitrogen functional groups attached to an aromatic ring is 1. The summed E-state index contributed by atoms with van der Waals surface area (Å²) in [5.74, 6) is 0.331. The van der Waals surface area contributed by atoms with Crippen molar-refractivity contribution in [2.45, 2.75) is 38.1 Å². The summed E-state index contributed by atoms with van der Waals surface area (Å²) in [6.07, 6.45) is 8.81. The molecule has 170 valence electrons. The fraction of sp³-hybridized carbons (Fsp3) is 0.320. The predicted molar refractivity (Wildman–Crippen MR) is 133 cm³/mol. The Balaban J connectivity index is 1.53. The van der Waals surface area contributed by atoms with Crippen molar-refractivity contribution < 1.29 is 4.79 Å². The van der Waals surface area contributed by atoms with Gasteiger partial charge in [0.2, 0.25) is 0 Å². The normalized spacial score (nSPS) is 20.9. The first-order chi connectivity index (χ1) is 16.0. The van der Waals surface area contributed by atoms with E-state index in [9.17, 15) is 4.79 Å². The van der Waals surface area contributed by atoms with Gasteiger partial charge in [-0.3, -0.25) is 9.48 Å². The first kappa shape index (κ1) is 21.7. The minimum Gasteiger partial charge on any atom is -0.383 e. The summed E-state index contributed by atoms with van der Waals surface area (Å²) < 4.78 is 2.03. The Labute approximate surface area is 197 Å². The highest BCUT2D eigenvalue weighted by molar-refractivity contribution is 6.35. The van der Waals surface area contributed by atoms with Crippen LogP contribution in [0.2, 0.25) is 5.02 Å². The number of benzene rings is 1. The Morgan fingerprint density at radius 2 is 2.06 bits per heavy atom. The third kappa shape index (κ3) is 4.03. The van der Waals surface area contributed by atoms with Crippen molar-refractivity contribution in [1.29, 1.82) is 0 Å². The molecule has 7 nitrogen and oxygen atoms in total. The lowest BCUT2D eigenvalue weighted by atomic mass is 9.92. The van der Waals surface area contributed by atoms with Crippen molar-refractivity contribution in [3.8, 4) is 0 Å². The highest BCUT2D eigenvalue weighted by Gasteiger charge is 2.34. The predicted octanol–water partition coefficient (Wildman–Crippen LogP) is 4.51. The van der Waals surface area contributed by atoms with E-state index in [1.54, 1.807) is 6.20 Å². The Morgan fingerprint density at radius 3 is 2.76 bits per heavy atom. The summed E-state index contributed by atoms with van der Waals surface area (Å²) in [6, 6.07) is 9.47. The third-order valence-corrected chi connectivity index (χ3v) is 6.82. The second-order valence-corrected chi connectivity index (χ2v) is 9.36. The molecule has 1 aliphatic carbocycles. The molecule has 33 heavy (non-hydrogen) atoms. The number of aromatic nitrogens is 3. The number of halogens is 1. The van der Waals surface area contributed by atoms with Gasteiger partial charge in [-0.05, 0) is 56.9 Å². The highest BCUT2D eigenvalue weighted by atomic mass is 35.5. The van der Waals surface area contributed by atoms with E-state index in [0.717, 1.165) is 59.4 Å². The molecule has 1 aliphatic heterocycles. The van der Waals surface area contributed by atoms with Gasteiger partial charge in [0.15, 0.2) is 0 Å². The molecule has 3 heterocycles. The molecule has 1 aromatic carbocycles. The molecule has 1 atom stereocenters. The first-order valence-corrected chi connectivity index (χ1v) is 11.6. The molecular formula is C25H27ClN6O. The van der Waals surface area contributed by atoms with E-state index in [1.807, 2.05) is 47.2 Å². The number of hydrogen-bond acceptors (Lipinski definition) is 5. The Bertz CT molecular complexity index is 1270. The number of pyridine rings is 1. The summed E-state index contributed by atoms with van der Waals surface area (Å²) in [5.41, 5.74) is 10.3. The van der Waals surface area contributed by atoms with Gasteiger partial charge in [-0.15, -0.1) is 0 Å². The van der Waals surface area contributed by atoms with Crippen LogP contribution in [0.5, 0.6) is 0 Å². The van der Waals surface area contributed by atoms with Crippen LogP contribution in [-0.4, -0.2) is 33.8 Å². The molecular weight excluding hydrogens is 436 g/mol. The monoisotopic (exact) mass is 462 g/mol. The van der Waals surface area contributed by atoms with Crippen molar-refractivity contribution >= 4 is 45.5 Å². The molecule has 0 spiro atoms.